The molecule has 1 aromatic carbocycles. The van der Waals surface area contributed by atoms with Crippen LogP contribution in [0.2, 0.25) is 0 Å². The molecule has 0 aromatic heterocycles. The third-order valence-corrected chi connectivity index (χ3v) is 2.76. The first-order valence-electron chi connectivity index (χ1n) is 5.74. The maximum absolute atomic E-state index is 11.9. The molecule has 0 heterocycles. The summed E-state index contributed by atoms with van der Waals surface area (Å²) in [4.78, 5) is 23.1. The molecule has 3 N–H and O–H groups in total. The van der Waals surface area contributed by atoms with Crippen LogP contribution < -0.4 is 5.32 Å². The highest BCUT2D eigenvalue weighted by atomic mass is 16.4. The molecule has 1 rings (SSSR count). The van der Waals surface area contributed by atoms with E-state index in [1.807, 2.05) is 6.92 Å². The largest absolute Gasteiger partial charge is 0.507 e. The first-order valence-corrected chi connectivity index (χ1v) is 5.74. The molecule has 0 bridgehead atoms. The van der Waals surface area contributed by atoms with E-state index < -0.39 is 17.4 Å². The van der Waals surface area contributed by atoms with Crippen LogP contribution in [0.3, 0.4) is 0 Å². The number of amides is 1. The molecule has 0 aliphatic rings. The summed E-state index contributed by atoms with van der Waals surface area (Å²) >= 11 is 0. The topological polar surface area (TPSA) is 86.6 Å². The van der Waals surface area contributed by atoms with Crippen LogP contribution in [-0.4, -0.2) is 27.6 Å². The second kappa shape index (κ2) is 5.53. The van der Waals surface area contributed by atoms with Gasteiger partial charge in [0, 0.05) is 0 Å². The summed E-state index contributed by atoms with van der Waals surface area (Å²) in [5, 5.41) is 21.1. The van der Waals surface area contributed by atoms with Crippen LogP contribution in [0.15, 0.2) is 24.3 Å². The van der Waals surface area contributed by atoms with Gasteiger partial charge in [0.15, 0.2) is 0 Å². The van der Waals surface area contributed by atoms with Crippen molar-refractivity contribution in [1.82, 2.24) is 5.32 Å². The normalized spacial score (nSPS) is 13.7. The average Bonchev–Trinajstić information content (AvgIpc) is 2.29. The molecule has 0 aliphatic heterocycles. The van der Waals surface area contributed by atoms with Crippen LogP contribution in [0.4, 0.5) is 0 Å². The van der Waals surface area contributed by atoms with Crippen LogP contribution in [0.25, 0.3) is 0 Å². The van der Waals surface area contributed by atoms with Crippen molar-refractivity contribution >= 4 is 11.9 Å². The maximum Gasteiger partial charge on any atom is 0.329 e. The number of phenols is 1. The molecule has 0 fully saturated rings. The molecule has 0 saturated carbocycles. The van der Waals surface area contributed by atoms with Crippen LogP contribution in [0.1, 0.15) is 37.0 Å². The Hall–Kier alpha value is -2.04. The molecular weight excluding hydrogens is 234 g/mol. The summed E-state index contributed by atoms with van der Waals surface area (Å²) in [5.74, 6) is -1.85. The van der Waals surface area contributed by atoms with Gasteiger partial charge in [0.25, 0.3) is 5.91 Å². The van der Waals surface area contributed by atoms with Gasteiger partial charge in [-0.1, -0.05) is 25.5 Å². The number of nitrogens with one attached hydrogen (secondary N) is 1. The van der Waals surface area contributed by atoms with Gasteiger partial charge in [-0.3, -0.25) is 4.79 Å². The highest BCUT2D eigenvalue weighted by molar-refractivity contribution is 5.99. The van der Waals surface area contributed by atoms with E-state index in [2.05, 4.69) is 5.32 Å². The maximum atomic E-state index is 11.9. The summed E-state index contributed by atoms with van der Waals surface area (Å²) in [5.41, 5.74) is -1.25. The lowest BCUT2D eigenvalue weighted by molar-refractivity contribution is -0.144. The van der Waals surface area contributed by atoms with Gasteiger partial charge in [0.1, 0.15) is 11.3 Å². The molecule has 1 amide bonds. The van der Waals surface area contributed by atoms with Crippen molar-refractivity contribution in [3.63, 3.8) is 0 Å². The van der Waals surface area contributed by atoms with E-state index in [9.17, 15) is 14.7 Å². The molecule has 1 aromatic rings. The molecule has 5 nitrogen and oxygen atoms in total. The number of carbonyl (C=O) groups excluding carboxylic acids is 1. The van der Waals surface area contributed by atoms with Gasteiger partial charge >= 0.3 is 5.97 Å². The minimum atomic E-state index is -1.33. The first kappa shape index (κ1) is 14.0. The Kier molecular flexibility index (Phi) is 4.31. The summed E-state index contributed by atoms with van der Waals surface area (Å²) in [6, 6.07) is 6.02. The van der Waals surface area contributed by atoms with Crippen molar-refractivity contribution in [1.29, 1.82) is 0 Å². The number of rotatable bonds is 5. The zero-order valence-electron chi connectivity index (χ0n) is 10.4. The van der Waals surface area contributed by atoms with Crippen molar-refractivity contribution in [2.24, 2.45) is 0 Å². The SMILES string of the molecule is CCCC(C)(NC(=O)c1ccccc1O)C(=O)O. The van der Waals surface area contributed by atoms with E-state index in [0.29, 0.717) is 12.8 Å². The lowest BCUT2D eigenvalue weighted by Gasteiger charge is -2.25. The lowest BCUT2D eigenvalue weighted by Crippen LogP contribution is -2.52. The van der Waals surface area contributed by atoms with Crippen molar-refractivity contribution in [2.75, 3.05) is 0 Å². The summed E-state index contributed by atoms with van der Waals surface area (Å²) in [6.07, 6.45) is 0.950. The van der Waals surface area contributed by atoms with Crippen LogP contribution in [0, 0.1) is 0 Å². The van der Waals surface area contributed by atoms with E-state index >= 15 is 0 Å². The van der Waals surface area contributed by atoms with Gasteiger partial charge in [-0.05, 0) is 25.5 Å². The molecule has 0 spiro atoms. The third-order valence-electron chi connectivity index (χ3n) is 2.76. The lowest BCUT2D eigenvalue weighted by atomic mass is 9.95. The third kappa shape index (κ3) is 3.00. The highest BCUT2D eigenvalue weighted by Gasteiger charge is 2.34. The summed E-state index contributed by atoms with van der Waals surface area (Å²) < 4.78 is 0. The van der Waals surface area contributed by atoms with E-state index in [-0.39, 0.29) is 11.3 Å². The van der Waals surface area contributed by atoms with Crippen molar-refractivity contribution in [3.05, 3.63) is 29.8 Å². The van der Waals surface area contributed by atoms with Gasteiger partial charge in [0.05, 0.1) is 5.56 Å². The second-order valence-corrected chi connectivity index (χ2v) is 4.36. The minimum Gasteiger partial charge on any atom is -0.507 e. The Morgan fingerprint density at radius 1 is 1.33 bits per heavy atom. The smallest absolute Gasteiger partial charge is 0.329 e. The Morgan fingerprint density at radius 2 is 1.94 bits per heavy atom. The summed E-state index contributed by atoms with van der Waals surface area (Å²) in [7, 11) is 0. The van der Waals surface area contributed by atoms with Crippen molar-refractivity contribution < 1.29 is 19.8 Å². The van der Waals surface area contributed by atoms with Crippen molar-refractivity contribution in [2.45, 2.75) is 32.2 Å². The Morgan fingerprint density at radius 3 is 2.44 bits per heavy atom. The molecular formula is C13H17NO4. The van der Waals surface area contributed by atoms with E-state index in [4.69, 9.17) is 5.11 Å². The number of hydrogen-bond donors (Lipinski definition) is 3. The number of aromatic hydroxyl groups is 1. The van der Waals surface area contributed by atoms with E-state index in [1.54, 1.807) is 12.1 Å². The van der Waals surface area contributed by atoms with Gasteiger partial charge in [-0.15, -0.1) is 0 Å². The molecule has 0 radical (unpaired) electrons. The molecule has 18 heavy (non-hydrogen) atoms. The zero-order valence-corrected chi connectivity index (χ0v) is 10.4. The van der Waals surface area contributed by atoms with E-state index in [1.165, 1.54) is 19.1 Å². The van der Waals surface area contributed by atoms with Crippen molar-refractivity contribution in [3.8, 4) is 5.75 Å². The standard InChI is InChI=1S/C13H17NO4/c1-3-8-13(2,12(17)18)14-11(16)9-6-4-5-7-10(9)15/h4-7,15H,3,8H2,1-2H3,(H,14,16)(H,17,18). The molecule has 0 saturated heterocycles. The van der Waals surface area contributed by atoms with Crippen LogP contribution >= 0.6 is 0 Å². The number of aliphatic carboxylic acids is 1. The number of hydrogen-bond acceptors (Lipinski definition) is 3. The van der Waals surface area contributed by atoms with Gasteiger partial charge in [-0.25, -0.2) is 4.79 Å². The molecule has 1 unspecified atom stereocenters. The molecule has 5 heteroatoms. The molecule has 0 aliphatic carbocycles. The number of carboxylic acids is 1. The number of benzene rings is 1. The predicted molar refractivity (Wildman–Crippen MR) is 66.5 cm³/mol. The average molecular weight is 251 g/mol. The van der Waals surface area contributed by atoms with Crippen LogP contribution in [0.5, 0.6) is 5.75 Å². The number of carboxylic acid groups (broad SMARTS) is 1. The fourth-order valence-electron chi connectivity index (χ4n) is 1.71. The summed E-state index contributed by atoms with van der Waals surface area (Å²) in [6.45, 7) is 3.30. The monoisotopic (exact) mass is 251 g/mol. The zero-order chi connectivity index (χ0) is 13.8. The fraction of sp³-hybridized carbons (Fsp3) is 0.385. The molecule has 1 atom stereocenters. The van der Waals surface area contributed by atoms with Gasteiger partial charge < -0.3 is 15.5 Å². The molecule has 98 valence electrons. The first-order chi connectivity index (χ1) is 8.40. The predicted octanol–water partition coefficient (Wildman–Crippen LogP) is 1.77. The fourth-order valence-corrected chi connectivity index (χ4v) is 1.71. The Bertz CT molecular complexity index is 458. The quantitative estimate of drug-likeness (QED) is 0.744. The minimum absolute atomic E-state index is 0.0704. The Labute approximate surface area is 105 Å². The number of para-hydroxylation sites is 1. The number of carbonyl (C=O) groups is 2. The number of phenolic OH excluding ortho intramolecular Hbond substituents is 1. The highest BCUT2D eigenvalue weighted by Crippen LogP contribution is 2.18. The van der Waals surface area contributed by atoms with Gasteiger partial charge in [-0.2, -0.15) is 0 Å². The Balaban J connectivity index is 2.93. The second-order valence-electron chi connectivity index (χ2n) is 4.36. The van der Waals surface area contributed by atoms with Gasteiger partial charge in [0.2, 0.25) is 0 Å². The van der Waals surface area contributed by atoms with E-state index in [0.717, 1.165) is 0 Å². The van der Waals surface area contributed by atoms with Crippen LogP contribution in [-0.2, 0) is 4.79 Å².